The number of hydrogen-bond acceptors (Lipinski definition) is 7. The van der Waals surface area contributed by atoms with Gasteiger partial charge in [-0.15, -0.1) is 0 Å². The van der Waals surface area contributed by atoms with Crippen molar-refractivity contribution in [1.82, 2.24) is 0 Å². The molecule has 0 saturated carbocycles. The van der Waals surface area contributed by atoms with Gasteiger partial charge in [0.25, 0.3) is 0 Å². The molecule has 2 atom stereocenters. The van der Waals surface area contributed by atoms with E-state index >= 15 is 0 Å². The molecule has 0 heterocycles. The molecule has 0 aromatic rings. The van der Waals surface area contributed by atoms with Crippen LogP contribution < -0.4 is 0 Å². The fourth-order valence-corrected chi connectivity index (χ4v) is 7.35. The van der Waals surface area contributed by atoms with Gasteiger partial charge in [-0.1, -0.05) is 185 Å². The number of esters is 2. The van der Waals surface area contributed by atoms with Crippen molar-refractivity contribution < 1.29 is 42.1 Å². The number of carbonyl (C=O) groups excluding carboxylic acids is 2. The van der Waals surface area contributed by atoms with Crippen LogP contribution in [-0.2, 0) is 32.7 Å². The second-order valence-corrected chi connectivity index (χ2v) is 19.0. The lowest BCUT2D eigenvalue weighted by molar-refractivity contribution is -0.870. The first-order valence-corrected chi connectivity index (χ1v) is 25.7. The number of nitrogens with zero attached hydrogens (tertiary/aromatic N) is 1. The Morgan fingerprint density at radius 3 is 1.39 bits per heavy atom. The fourth-order valence-electron chi connectivity index (χ4n) is 6.61. The quantitative estimate of drug-likeness (QED) is 0.0212. The van der Waals surface area contributed by atoms with Gasteiger partial charge in [0.05, 0.1) is 27.7 Å². The molecule has 346 valence electrons. The number of phosphoric acid groups is 1. The number of allylic oxidation sites excluding steroid dienone is 6. The van der Waals surface area contributed by atoms with Crippen molar-refractivity contribution in [1.29, 1.82) is 0 Å². The van der Waals surface area contributed by atoms with Crippen LogP contribution in [0.15, 0.2) is 36.5 Å². The number of ether oxygens (including phenoxy) is 2. The summed E-state index contributed by atoms with van der Waals surface area (Å²) in [5, 5.41) is 0. The van der Waals surface area contributed by atoms with Crippen molar-refractivity contribution in [3.63, 3.8) is 0 Å². The Kier molecular flexibility index (Phi) is 40.3. The maximum atomic E-state index is 12.7. The number of phosphoric ester groups is 1. The van der Waals surface area contributed by atoms with Crippen molar-refractivity contribution in [2.45, 2.75) is 219 Å². The molecule has 0 amide bonds. The van der Waals surface area contributed by atoms with Crippen molar-refractivity contribution in [3.8, 4) is 0 Å². The topological polar surface area (TPSA) is 108 Å². The summed E-state index contributed by atoms with van der Waals surface area (Å²) in [6, 6.07) is 0. The van der Waals surface area contributed by atoms with Crippen molar-refractivity contribution in [3.05, 3.63) is 36.5 Å². The third kappa shape index (κ3) is 45.6. The van der Waals surface area contributed by atoms with Gasteiger partial charge in [-0.2, -0.15) is 0 Å². The summed E-state index contributed by atoms with van der Waals surface area (Å²) in [5.41, 5.74) is 0. The lowest BCUT2D eigenvalue weighted by Gasteiger charge is -2.24. The Labute approximate surface area is 363 Å². The number of hydrogen-bond donors (Lipinski definition) is 1. The van der Waals surface area contributed by atoms with E-state index in [-0.39, 0.29) is 26.1 Å². The molecule has 0 rings (SSSR count). The molecule has 59 heavy (non-hydrogen) atoms. The van der Waals surface area contributed by atoms with Gasteiger partial charge >= 0.3 is 19.8 Å². The molecule has 0 aliphatic carbocycles. The minimum atomic E-state index is -4.38. The molecule has 0 fully saturated rings. The fraction of sp³-hybridized carbons (Fsp3) is 0.837. The van der Waals surface area contributed by atoms with Crippen LogP contribution in [0.4, 0.5) is 0 Å². The molecule has 0 radical (unpaired) electrons. The normalized spacial score (nSPS) is 13.8. The van der Waals surface area contributed by atoms with Crippen LogP contribution in [0, 0.1) is 0 Å². The summed E-state index contributed by atoms with van der Waals surface area (Å²) in [4.78, 5) is 35.4. The van der Waals surface area contributed by atoms with Crippen molar-refractivity contribution in [2.24, 2.45) is 0 Å². The first kappa shape index (κ1) is 57.2. The number of rotatable bonds is 44. The highest BCUT2D eigenvalue weighted by Gasteiger charge is 2.27. The average Bonchev–Trinajstić information content (AvgIpc) is 3.19. The largest absolute Gasteiger partial charge is 0.472 e. The Morgan fingerprint density at radius 2 is 0.915 bits per heavy atom. The van der Waals surface area contributed by atoms with Crippen molar-refractivity contribution in [2.75, 3.05) is 47.5 Å². The Bertz CT molecular complexity index is 1100. The van der Waals surface area contributed by atoms with E-state index in [1.807, 2.05) is 21.1 Å². The van der Waals surface area contributed by atoms with E-state index in [2.05, 4.69) is 50.3 Å². The third-order valence-corrected chi connectivity index (χ3v) is 11.4. The van der Waals surface area contributed by atoms with E-state index in [0.29, 0.717) is 23.9 Å². The highest BCUT2D eigenvalue weighted by Crippen LogP contribution is 2.43. The van der Waals surface area contributed by atoms with E-state index in [1.54, 1.807) is 0 Å². The molecule has 0 saturated heterocycles. The second-order valence-electron chi connectivity index (χ2n) is 17.5. The van der Waals surface area contributed by atoms with Gasteiger partial charge in [-0.3, -0.25) is 18.6 Å². The maximum Gasteiger partial charge on any atom is 0.472 e. The van der Waals surface area contributed by atoms with Crippen LogP contribution in [0.1, 0.15) is 213 Å². The zero-order chi connectivity index (χ0) is 43.6. The van der Waals surface area contributed by atoms with E-state index in [9.17, 15) is 19.0 Å². The first-order chi connectivity index (χ1) is 28.5. The van der Waals surface area contributed by atoms with Gasteiger partial charge in [0.15, 0.2) is 6.10 Å². The molecule has 10 heteroatoms. The number of carbonyl (C=O) groups is 2. The zero-order valence-electron chi connectivity index (χ0n) is 39.0. The average molecular weight is 855 g/mol. The molecule has 0 aliphatic heterocycles. The maximum absolute atomic E-state index is 12.7. The monoisotopic (exact) mass is 855 g/mol. The summed E-state index contributed by atoms with van der Waals surface area (Å²) in [7, 11) is 1.46. The van der Waals surface area contributed by atoms with Gasteiger partial charge in [-0.05, 0) is 51.4 Å². The lowest BCUT2D eigenvalue weighted by Crippen LogP contribution is -2.37. The van der Waals surface area contributed by atoms with Crippen LogP contribution in [0.3, 0.4) is 0 Å². The van der Waals surface area contributed by atoms with Crippen molar-refractivity contribution >= 4 is 19.8 Å². The summed E-state index contributed by atoms with van der Waals surface area (Å²) >= 11 is 0. The van der Waals surface area contributed by atoms with Crippen LogP contribution in [0.2, 0.25) is 0 Å². The van der Waals surface area contributed by atoms with E-state index in [1.165, 1.54) is 128 Å². The molecule has 0 aromatic heterocycles. The van der Waals surface area contributed by atoms with E-state index < -0.39 is 32.5 Å². The lowest BCUT2D eigenvalue weighted by atomic mass is 10.0. The van der Waals surface area contributed by atoms with Crippen LogP contribution >= 0.6 is 7.82 Å². The molecular weight excluding hydrogens is 762 g/mol. The number of likely N-dealkylation sites (N-methyl/N-ethyl adjacent to an activating group) is 1. The van der Waals surface area contributed by atoms with Gasteiger partial charge in [0.2, 0.25) is 0 Å². The van der Waals surface area contributed by atoms with E-state index in [4.69, 9.17) is 18.5 Å². The molecule has 0 aromatic carbocycles. The van der Waals surface area contributed by atoms with Gasteiger partial charge in [-0.25, -0.2) is 4.57 Å². The predicted octanol–water partition coefficient (Wildman–Crippen LogP) is 14.1. The molecule has 0 aliphatic rings. The minimum Gasteiger partial charge on any atom is -0.462 e. The summed E-state index contributed by atoms with van der Waals surface area (Å²) < 4.78 is 34.3. The standard InChI is InChI=1S/C49H92NO8P/c1-6-8-10-12-14-16-18-20-22-23-24-25-26-28-30-32-34-36-38-40-42-49(52)58-47(46-57-59(53,54)56-44-43-50(3,4)5)45-55-48(51)41-39-37-35-33-31-29-27-21-19-17-15-13-11-9-7-2/h15,17,21,27,31,33,47H,6-14,16,18-20,22-26,28-30,32,34-46H2,1-5H3/p+1/b17-15+,27-21+,33-31+/t47-/m1/s1. The summed E-state index contributed by atoms with van der Waals surface area (Å²) in [6.07, 6.45) is 47.7. The van der Waals surface area contributed by atoms with Gasteiger partial charge in [0, 0.05) is 12.8 Å². The Balaban J connectivity index is 4.31. The van der Waals surface area contributed by atoms with Crippen LogP contribution in [0.25, 0.3) is 0 Å². The van der Waals surface area contributed by atoms with Crippen LogP contribution in [0.5, 0.6) is 0 Å². The zero-order valence-corrected chi connectivity index (χ0v) is 39.9. The second kappa shape index (κ2) is 41.6. The minimum absolute atomic E-state index is 0.0267. The molecule has 0 bridgehead atoms. The summed E-state index contributed by atoms with van der Waals surface area (Å²) in [6.45, 7) is 4.37. The molecule has 1 unspecified atom stereocenters. The SMILES string of the molecule is CCCCC/C=C/C/C=C/C/C=C/CCCCC(=O)OC[C@H](COP(=O)(O)OCC[N+](C)(C)C)OC(=O)CCCCCCCCCCCCCCCCCCCCCC. The molecule has 9 nitrogen and oxygen atoms in total. The number of unbranched alkanes of at least 4 members (excludes halogenated alkanes) is 24. The highest BCUT2D eigenvalue weighted by atomic mass is 31.2. The van der Waals surface area contributed by atoms with E-state index in [0.717, 1.165) is 44.9 Å². The highest BCUT2D eigenvalue weighted by molar-refractivity contribution is 7.47. The van der Waals surface area contributed by atoms with Crippen LogP contribution in [-0.4, -0.2) is 74.9 Å². The van der Waals surface area contributed by atoms with Gasteiger partial charge in [0.1, 0.15) is 19.8 Å². The smallest absolute Gasteiger partial charge is 0.462 e. The summed E-state index contributed by atoms with van der Waals surface area (Å²) in [5.74, 6) is -0.836. The third-order valence-electron chi connectivity index (χ3n) is 10.4. The first-order valence-electron chi connectivity index (χ1n) is 24.2. The Hall–Kier alpha value is -1.77. The van der Waals surface area contributed by atoms with Gasteiger partial charge < -0.3 is 18.9 Å². The molecular formula is C49H93NO8P+. The number of quaternary nitrogens is 1. The molecule has 0 spiro atoms. The molecule has 1 N–H and O–H groups in total. The Morgan fingerprint density at radius 1 is 0.525 bits per heavy atom. The predicted molar refractivity (Wildman–Crippen MR) is 247 cm³/mol.